The summed E-state index contributed by atoms with van der Waals surface area (Å²) in [6, 6.07) is -0.497. The van der Waals surface area contributed by atoms with Crippen molar-refractivity contribution in [3.8, 4) is 0 Å². The Bertz CT molecular complexity index is 242. The van der Waals surface area contributed by atoms with Crippen molar-refractivity contribution in [1.29, 1.82) is 0 Å². The fraction of sp³-hybridized carbons (Fsp3) is 0.778. The number of carboxylic acid groups (broad SMARTS) is 1. The Balaban J connectivity index is 2.30. The molecule has 1 amide bonds. The Hall–Kier alpha value is -0.750. The smallest absolute Gasteiger partial charge is 0.305 e. The second-order valence-electron chi connectivity index (χ2n) is 3.59. The normalized spacial score (nSPS) is 23.1. The van der Waals surface area contributed by atoms with Gasteiger partial charge in [0.1, 0.15) is 0 Å². The lowest BCUT2D eigenvalue weighted by Crippen LogP contribution is -2.51. The van der Waals surface area contributed by atoms with Crippen LogP contribution in [0.2, 0.25) is 0 Å². The van der Waals surface area contributed by atoms with E-state index in [0.717, 1.165) is 18.1 Å². The third-order valence-electron chi connectivity index (χ3n) is 2.11. The predicted octanol–water partition coefficient (Wildman–Crippen LogP) is -0.329. The third kappa shape index (κ3) is 4.53. The fourth-order valence-electron chi connectivity index (χ4n) is 1.39. The SMILES string of the molecule is CC(CC(=O)O)NC(=O)C1CSCCN1. The molecular weight excluding hydrogens is 216 g/mol. The topological polar surface area (TPSA) is 78.4 Å². The van der Waals surface area contributed by atoms with Crippen LogP contribution in [0, 0.1) is 0 Å². The fourth-order valence-corrected chi connectivity index (χ4v) is 2.32. The van der Waals surface area contributed by atoms with E-state index < -0.39 is 5.97 Å². The highest BCUT2D eigenvalue weighted by molar-refractivity contribution is 7.99. The second kappa shape index (κ2) is 5.97. The van der Waals surface area contributed by atoms with Gasteiger partial charge >= 0.3 is 5.97 Å². The summed E-state index contributed by atoms with van der Waals surface area (Å²) in [4.78, 5) is 22.0. The highest BCUT2D eigenvalue weighted by atomic mass is 32.2. The van der Waals surface area contributed by atoms with Gasteiger partial charge < -0.3 is 15.7 Å². The van der Waals surface area contributed by atoms with Gasteiger partial charge in [0.15, 0.2) is 0 Å². The first-order valence-electron chi connectivity index (χ1n) is 4.93. The van der Waals surface area contributed by atoms with E-state index in [9.17, 15) is 9.59 Å². The molecule has 0 bridgehead atoms. The summed E-state index contributed by atoms with van der Waals surface area (Å²) in [5.74, 6) is 0.782. The average Bonchev–Trinajstić information content (AvgIpc) is 2.17. The van der Waals surface area contributed by atoms with Gasteiger partial charge in [0.2, 0.25) is 5.91 Å². The number of hydrogen-bond acceptors (Lipinski definition) is 4. The molecule has 0 radical (unpaired) electrons. The van der Waals surface area contributed by atoms with E-state index in [0.29, 0.717) is 0 Å². The minimum absolute atomic E-state index is 0.0361. The van der Waals surface area contributed by atoms with Crippen LogP contribution in [-0.2, 0) is 9.59 Å². The molecule has 1 rings (SSSR count). The van der Waals surface area contributed by atoms with Gasteiger partial charge in [0.05, 0.1) is 12.5 Å². The number of thioether (sulfide) groups is 1. The van der Waals surface area contributed by atoms with Crippen molar-refractivity contribution >= 4 is 23.6 Å². The maximum absolute atomic E-state index is 11.6. The molecule has 2 unspecified atom stereocenters. The van der Waals surface area contributed by atoms with Crippen molar-refractivity contribution in [2.45, 2.75) is 25.4 Å². The number of carboxylic acids is 1. The van der Waals surface area contributed by atoms with E-state index in [1.165, 1.54) is 0 Å². The standard InChI is InChI=1S/C9H16N2O3S/c1-6(4-8(12)13)11-9(14)7-5-15-3-2-10-7/h6-7,10H,2-5H2,1H3,(H,11,14)(H,12,13). The van der Waals surface area contributed by atoms with Crippen LogP contribution in [0.5, 0.6) is 0 Å². The Labute approximate surface area is 93.0 Å². The van der Waals surface area contributed by atoms with Crippen LogP contribution in [0.4, 0.5) is 0 Å². The lowest BCUT2D eigenvalue weighted by Gasteiger charge is -2.23. The van der Waals surface area contributed by atoms with Gasteiger partial charge in [-0.05, 0) is 6.92 Å². The van der Waals surface area contributed by atoms with E-state index in [-0.39, 0.29) is 24.4 Å². The quantitative estimate of drug-likeness (QED) is 0.618. The lowest BCUT2D eigenvalue weighted by molar-refractivity contribution is -0.137. The molecule has 1 aliphatic rings. The zero-order valence-electron chi connectivity index (χ0n) is 8.66. The summed E-state index contributed by atoms with van der Waals surface area (Å²) in [6.07, 6.45) is -0.0361. The predicted molar refractivity (Wildman–Crippen MR) is 59.0 cm³/mol. The third-order valence-corrected chi connectivity index (χ3v) is 3.17. The molecule has 0 aromatic carbocycles. The van der Waals surface area contributed by atoms with E-state index in [4.69, 9.17) is 5.11 Å². The summed E-state index contributed by atoms with van der Waals surface area (Å²) < 4.78 is 0. The molecule has 0 aromatic rings. The van der Waals surface area contributed by atoms with Crippen LogP contribution in [0.15, 0.2) is 0 Å². The average molecular weight is 232 g/mol. The highest BCUT2D eigenvalue weighted by Gasteiger charge is 2.22. The molecule has 0 spiro atoms. The zero-order chi connectivity index (χ0) is 11.3. The number of carbonyl (C=O) groups excluding carboxylic acids is 1. The first-order valence-corrected chi connectivity index (χ1v) is 6.08. The molecule has 1 aliphatic heterocycles. The summed E-state index contributed by atoms with van der Waals surface area (Å²) >= 11 is 1.73. The van der Waals surface area contributed by atoms with Gasteiger partial charge in [0.25, 0.3) is 0 Å². The maximum atomic E-state index is 11.6. The van der Waals surface area contributed by atoms with Gasteiger partial charge in [-0.15, -0.1) is 0 Å². The van der Waals surface area contributed by atoms with Crippen molar-refractivity contribution < 1.29 is 14.7 Å². The number of hydrogen-bond donors (Lipinski definition) is 3. The largest absolute Gasteiger partial charge is 0.481 e. The zero-order valence-corrected chi connectivity index (χ0v) is 9.47. The van der Waals surface area contributed by atoms with Gasteiger partial charge in [-0.1, -0.05) is 0 Å². The van der Waals surface area contributed by atoms with Crippen LogP contribution in [-0.4, -0.2) is 47.1 Å². The highest BCUT2D eigenvalue weighted by Crippen LogP contribution is 2.07. The molecule has 2 atom stereocenters. The second-order valence-corrected chi connectivity index (χ2v) is 4.74. The summed E-state index contributed by atoms with van der Waals surface area (Å²) in [5.41, 5.74) is 0. The van der Waals surface area contributed by atoms with Crippen molar-refractivity contribution in [2.24, 2.45) is 0 Å². The first-order chi connectivity index (χ1) is 7.09. The Morgan fingerprint density at radius 3 is 2.93 bits per heavy atom. The molecule has 6 heteroatoms. The number of nitrogens with one attached hydrogen (secondary N) is 2. The molecule has 1 saturated heterocycles. The molecular formula is C9H16N2O3S. The molecule has 0 aliphatic carbocycles. The maximum Gasteiger partial charge on any atom is 0.305 e. The molecule has 3 N–H and O–H groups in total. The summed E-state index contributed by atoms with van der Waals surface area (Å²) in [7, 11) is 0. The van der Waals surface area contributed by atoms with Crippen LogP contribution in [0.25, 0.3) is 0 Å². The molecule has 86 valence electrons. The molecule has 15 heavy (non-hydrogen) atoms. The van der Waals surface area contributed by atoms with Gasteiger partial charge in [-0.3, -0.25) is 9.59 Å². The molecule has 1 fully saturated rings. The van der Waals surface area contributed by atoms with Crippen molar-refractivity contribution in [1.82, 2.24) is 10.6 Å². The van der Waals surface area contributed by atoms with Crippen LogP contribution in [0.1, 0.15) is 13.3 Å². The van der Waals surface area contributed by atoms with Crippen LogP contribution in [0.3, 0.4) is 0 Å². The molecule has 0 aromatic heterocycles. The van der Waals surface area contributed by atoms with Crippen molar-refractivity contribution in [3.63, 3.8) is 0 Å². The van der Waals surface area contributed by atoms with Gasteiger partial charge in [-0.2, -0.15) is 11.8 Å². The number of rotatable bonds is 4. The minimum atomic E-state index is -0.895. The van der Waals surface area contributed by atoms with Crippen LogP contribution >= 0.6 is 11.8 Å². The van der Waals surface area contributed by atoms with Gasteiger partial charge in [-0.25, -0.2) is 0 Å². The molecule has 0 saturated carbocycles. The summed E-state index contributed by atoms with van der Waals surface area (Å²) in [6.45, 7) is 2.53. The molecule has 5 nitrogen and oxygen atoms in total. The van der Waals surface area contributed by atoms with E-state index in [2.05, 4.69) is 10.6 Å². The number of aliphatic carboxylic acids is 1. The van der Waals surface area contributed by atoms with Crippen molar-refractivity contribution in [2.75, 3.05) is 18.1 Å². The van der Waals surface area contributed by atoms with E-state index in [1.807, 2.05) is 0 Å². The number of carbonyl (C=O) groups is 2. The van der Waals surface area contributed by atoms with Gasteiger partial charge in [0, 0.05) is 24.1 Å². The number of amides is 1. The Morgan fingerprint density at radius 2 is 2.40 bits per heavy atom. The summed E-state index contributed by atoms with van der Waals surface area (Å²) in [5, 5.41) is 14.3. The van der Waals surface area contributed by atoms with Crippen LogP contribution < -0.4 is 10.6 Å². The Morgan fingerprint density at radius 1 is 1.67 bits per heavy atom. The monoisotopic (exact) mass is 232 g/mol. The molecule has 1 heterocycles. The van der Waals surface area contributed by atoms with E-state index in [1.54, 1.807) is 18.7 Å². The van der Waals surface area contributed by atoms with E-state index >= 15 is 0 Å². The first kappa shape index (κ1) is 12.3. The Kier molecular flexibility index (Phi) is 4.90. The lowest BCUT2D eigenvalue weighted by atomic mass is 10.2. The minimum Gasteiger partial charge on any atom is -0.481 e. The van der Waals surface area contributed by atoms with Crippen molar-refractivity contribution in [3.05, 3.63) is 0 Å².